The van der Waals surface area contributed by atoms with Gasteiger partial charge in [0, 0.05) is 19.3 Å². The van der Waals surface area contributed by atoms with Crippen molar-refractivity contribution in [3.05, 3.63) is 48.6 Å². The number of carboxylic acids is 1. The molecule has 0 radical (unpaired) electrons. The summed E-state index contributed by atoms with van der Waals surface area (Å²) in [6.45, 7) is 4.64. The molecule has 0 fully saturated rings. The van der Waals surface area contributed by atoms with Crippen LogP contribution < -0.4 is 5.11 Å². The predicted octanol–water partition coefficient (Wildman–Crippen LogP) is 13.0. The SMILES string of the molecule is CCCCCCC/C=C/C=C/C=C/CCCCCCCC(=O)OC(COCCC(C(=O)[O-])[N+](C)(C)C)COC(=O)CCCCCCCCC/C=C/CCCCCCCCCC. The Hall–Kier alpha value is -2.71. The highest BCUT2D eigenvalue weighted by Gasteiger charge is 2.25. The van der Waals surface area contributed by atoms with Gasteiger partial charge in [-0.25, -0.2) is 0 Å². The van der Waals surface area contributed by atoms with E-state index in [0.29, 0.717) is 12.8 Å². The normalized spacial score (nSPS) is 13.3. The third-order valence-corrected chi connectivity index (χ3v) is 11.2. The van der Waals surface area contributed by atoms with Gasteiger partial charge in [-0.05, 0) is 64.2 Å². The second-order valence-corrected chi connectivity index (χ2v) is 18.1. The Morgan fingerprint density at radius 2 is 0.885 bits per heavy atom. The minimum atomic E-state index is -1.13. The largest absolute Gasteiger partial charge is 0.544 e. The van der Waals surface area contributed by atoms with Crippen molar-refractivity contribution in [1.29, 1.82) is 0 Å². The van der Waals surface area contributed by atoms with E-state index < -0.39 is 18.1 Å². The highest BCUT2D eigenvalue weighted by Crippen LogP contribution is 2.14. The molecular weight excluding hydrogens is 763 g/mol. The zero-order valence-corrected chi connectivity index (χ0v) is 40.3. The number of carbonyl (C=O) groups is 3. The van der Waals surface area contributed by atoms with Gasteiger partial charge < -0.3 is 28.6 Å². The van der Waals surface area contributed by atoms with Crippen molar-refractivity contribution in [2.24, 2.45) is 0 Å². The van der Waals surface area contributed by atoms with Gasteiger partial charge in [0.1, 0.15) is 12.6 Å². The maximum absolute atomic E-state index is 12.8. The molecule has 2 unspecified atom stereocenters. The van der Waals surface area contributed by atoms with Gasteiger partial charge in [0.2, 0.25) is 0 Å². The van der Waals surface area contributed by atoms with Crippen LogP contribution in [0, 0.1) is 0 Å². The van der Waals surface area contributed by atoms with E-state index in [1.807, 2.05) is 0 Å². The fourth-order valence-electron chi connectivity index (χ4n) is 7.30. The van der Waals surface area contributed by atoms with Gasteiger partial charge in [0.05, 0.1) is 40.3 Å². The number of likely N-dealkylation sites (N-methyl/N-ethyl adjacent to an activating group) is 1. The van der Waals surface area contributed by atoms with Crippen LogP contribution in [0.2, 0.25) is 0 Å². The topological polar surface area (TPSA) is 102 Å². The first-order valence-corrected chi connectivity index (χ1v) is 25.2. The first-order valence-electron chi connectivity index (χ1n) is 25.2. The van der Waals surface area contributed by atoms with Gasteiger partial charge in [-0.15, -0.1) is 0 Å². The van der Waals surface area contributed by atoms with Gasteiger partial charge >= 0.3 is 11.9 Å². The number of allylic oxidation sites excluding steroid dienone is 8. The van der Waals surface area contributed by atoms with Crippen molar-refractivity contribution >= 4 is 17.9 Å². The predicted molar refractivity (Wildman–Crippen MR) is 254 cm³/mol. The third kappa shape index (κ3) is 42.4. The van der Waals surface area contributed by atoms with Crippen molar-refractivity contribution in [3.8, 4) is 0 Å². The van der Waals surface area contributed by atoms with E-state index in [2.05, 4.69) is 62.5 Å². The summed E-state index contributed by atoms with van der Waals surface area (Å²) in [5, 5.41) is 11.7. The molecule has 0 aromatic carbocycles. The van der Waals surface area contributed by atoms with Gasteiger partial charge in [-0.3, -0.25) is 9.59 Å². The molecule has 0 aromatic rings. The summed E-state index contributed by atoms with van der Waals surface area (Å²) in [6.07, 6.45) is 52.8. The number of aliphatic carboxylic acids is 1. The number of carbonyl (C=O) groups excluding carboxylic acids is 3. The van der Waals surface area contributed by atoms with E-state index in [-0.39, 0.29) is 42.7 Å². The van der Waals surface area contributed by atoms with E-state index in [1.165, 1.54) is 122 Å². The second-order valence-electron chi connectivity index (χ2n) is 18.1. The summed E-state index contributed by atoms with van der Waals surface area (Å²) < 4.78 is 17.2. The van der Waals surface area contributed by atoms with Crippen LogP contribution >= 0.6 is 0 Å². The summed E-state index contributed by atoms with van der Waals surface area (Å²) in [4.78, 5) is 37.0. The Morgan fingerprint density at radius 3 is 1.31 bits per heavy atom. The standard InChI is InChI=1S/C53H95NO7/c1-6-8-10-12-14-16-18-20-22-24-26-28-29-31-33-35-37-39-41-43-51(55)60-48-49(47-59-46-45-50(53(57)58)54(3,4)5)61-52(56)44-42-40-38-36-34-32-30-27-25-23-21-19-17-15-13-11-9-7-2/h19,21,23-27,30,49-50H,6-18,20,22,28-29,31-48H2,1-5H3/b21-19+,25-23+,26-24+,30-27+. The van der Waals surface area contributed by atoms with Crippen molar-refractivity contribution in [2.75, 3.05) is 41.0 Å². The Bertz CT molecular complexity index is 1140. The zero-order chi connectivity index (χ0) is 44.9. The highest BCUT2D eigenvalue weighted by atomic mass is 16.6. The number of hydrogen-bond donors (Lipinski definition) is 0. The molecule has 0 aliphatic heterocycles. The quantitative estimate of drug-likeness (QED) is 0.0198. The second kappa shape index (κ2) is 43.9. The summed E-state index contributed by atoms with van der Waals surface area (Å²) in [7, 11) is 5.40. The van der Waals surface area contributed by atoms with Crippen LogP contribution in [0.1, 0.15) is 219 Å². The van der Waals surface area contributed by atoms with E-state index in [4.69, 9.17) is 14.2 Å². The number of ether oxygens (including phenoxy) is 3. The van der Waals surface area contributed by atoms with Gasteiger partial charge in [-0.2, -0.15) is 0 Å². The van der Waals surface area contributed by atoms with Crippen molar-refractivity contribution in [1.82, 2.24) is 0 Å². The number of esters is 2. The van der Waals surface area contributed by atoms with Gasteiger partial charge in [0.25, 0.3) is 0 Å². The Labute approximate surface area is 376 Å². The lowest BCUT2D eigenvalue weighted by atomic mass is 10.1. The van der Waals surface area contributed by atoms with Crippen LogP contribution in [-0.4, -0.2) is 75.5 Å². The lowest BCUT2D eigenvalue weighted by Gasteiger charge is -2.34. The minimum Gasteiger partial charge on any atom is -0.544 e. The van der Waals surface area contributed by atoms with E-state index in [0.717, 1.165) is 64.2 Å². The third-order valence-electron chi connectivity index (χ3n) is 11.2. The van der Waals surface area contributed by atoms with Crippen LogP contribution in [0.4, 0.5) is 0 Å². The average Bonchev–Trinajstić information content (AvgIpc) is 3.22. The number of carboxylic acid groups (broad SMARTS) is 1. The molecule has 0 saturated heterocycles. The molecule has 0 aliphatic rings. The number of quaternary nitrogens is 1. The molecule has 354 valence electrons. The molecule has 0 N–H and O–H groups in total. The first kappa shape index (κ1) is 58.3. The highest BCUT2D eigenvalue weighted by molar-refractivity contribution is 5.70. The smallest absolute Gasteiger partial charge is 0.306 e. The van der Waals surface area contributed by atoms with Crippen molar-refractivity contribution < 1.29 is 38.2 Å². The first-order chi connectivity index (χ1) is 29.6. The number of hydrogen-bond acceptors (Lipinski definition) is 7. The van der Waals surface area contributed by atoms with E-state index in [9.17, 15) is 19.5 Å². The molecule has 2 atom stereocenters. The molecule has 0 bridgehead atoms. The molecule has 8 heteroatoms. The van der Waals surface area contributed by atoms with Gasteiger partial charge in [-0.1, -0.05) is 184 Å². The molecule has 0 saturated carbocycles. The maximum Gasteiger partial charge on any atom is 0.306 e. The molecular formula is C53H95NO7. The van der Waals surface area contributed by atoms with Crippen LogP contribution in [0.15, 0.2) is 48.6 Å². The monoisotopic (exact) mass is 858 g/mol. The number of unbranched alkanes of at least 4 members (excludes halogenated alkanes) is 25. The van der Waals surface area contributed by atoms with Crippen LogP contribution in [0.3, 0.4) is 0 Å². The Kier molecular flexibility index (Phi) is 42.0. The lowest BCUT2D eigenvalue weighted by Crippen LogP contribution is -2.55. The fourth-order valence-corrected chi connectivity index (χ4v) is 7.30. The molecule has 0 heterocycles. The van der Waals surface area contributed by atoms with Crippen LogP contribution in [0.25, 0.3) is 0 Å². The van der Waals surface area contributed by atoms with Crippen LogP contribution in [0.5, 0.6) is 0 Å². The van der Waals surface area contributed by atoms with Crippen LogP contribution in [-0.2, 0) is 28.6 Å². The Morgan fingerprint density at radius 1 is 0.492 bits per heavy atom. The summed E-state index contributed by atoms with van der Waals surface area (Å²) >= 11 is 0. The molecule has 61 heavy (non-hydrogen) atoms. The molecule has 0 aliphatic carbocycles. The number of nitrogens with zero attached hydrogens (tertiary/aromatic N) is 1. The van der Waals surface area contributed by atoms with E-state index >= 15 is 0 Å². The minimum absolute atomic E-state index is 0.0308. The zero-order valence-electron chi connectivity index (χ0n) is 40.3. The molecule has 0 aromatic heterocycles. The summed E-state index contributed by atoms with van der Waals surface area (Å²) in [6, 6.07) is -0.731. The summed E-state index contributed by atoms with van der Waals surface area (Å²) in [5.74, 6) is -1.76. The summed E-state index contributed by atoms with van der Waals surface area (Å²) in [5.41, 5.74) is 0. The molecule has 0 amide bonds. The average molecular weight is 858 g/mol. The van der Waals surface area contributed by atoms with E-state index in [1.54, 1.807) is 21.1 Å². The maximum atomic E-state index is 12.8. The fraction of sp³-hybridized carbons (Fsp3) is 0.792. The molecule has 0 rings (SSSR count). The lowest BCUT2D eigenvalue weighted by molar-refractivity contribution is -0.889. The number of rotatable bonds is 45. The molecule has 0 spiro atoms. The van der Waals surface area contributed by atoms with Crippen molar-refractivity contribution in [3.63, 3.8) is 0 Å². The molecule has 8 nitrogen and oxygen atoms in total. The van der Waals surface area contributed by atoms with Gasteiger partial charge in [0.15, 0.2) is 6.10 Å². The Balaban J connectivity index is 4.31. The van der Waals surface area contributed by atoms with Crippen molar-refractivity contribution in [2.45, 2.75) is 231 Å².